The SMILES string of the molecule is COc1ccc(-c2ccccc2C(F)(F)F)c(Cl)n1. The number of methoxy groups -OCH3 is 1. The number of rotatable bonds is 2. The minimum absolute atomic E-state index is 0.00449. The number of hydrogen-bond donors (Lipinski definition) is 0. The Hall–Kier alpha value is -1.75. The largest absolute Gasteiger partial charge is 0.481 e. The molecule has 1 aromatic carbocycles. The van der Waals surface area contributed by atoms with E-state index < -0.39 is 11.7 Å². The summed E-state index contributed by atoms with van der Waals surface area (Å²) in [6, 6.07) is 8.14. The topological polar surface area (TPSA) is 22.1 Å². The standard InChI is InChI=1S/C13H9ClF3NO/c1-19-11-7-6-9(12(14)18-11)8-4-2-3-5-10(8)13(15,16)17/h2-7H,1H3. The molecule has 2 aromatic rings. The lowest BCUT2D eigenvalue weighted by Crippen LogP contribution is -2.07. The second kappa shape index (κ2) is 5.09. The summed E-state index contributed by atoms with van der Waals surface area (Å²) < 4.78 is 43.6. The average molecular weight is 288 g/mol. The van der Waals surface area contributed by atoms with Crippen molar-refractivity contribution in [3.8, 4) is 17.0 Å². The number of benzene rings is 1. The van der Waals surface area contributed by atoms with Crippen LogP contribution in [0.25, 0.3) is 11.1 Å². The van der Waals surface area contributed by atoms with Crippen LogP contribution in [-0.4, -0.2) is 12.1 Å². The number of alkyl halides is 3. The van der Waals surface area contributed by atoms with Crippen molar-refractivity contribution in [3.05, 3.63) is 47.1 Å². The van der Waals surface area contributed by atoms with Gasteiger partial charge >= 0.3 is 6.18 Å². The normalized spacial score (nSPS) is 11.4. The summed E-state index contributed by atoms with van der Waals surface area (Å²) in [5.74, 6) is 0.248. The van der Waals surface area contributed by atoms with Gasteiger partial charge in [0.2, 0.25) is 5.88 Å². The van der Waals surface area contributed by atoms with E-state index in [-0.39, 0.29) is 22.2 Å². The van der Waals surface area contributed by atoms with E-state index in [0.717, 1.165) is 6.07 Å². The highest BCUT2D eigenvalue weighted by atomic mass is 35.5. The van der Waals surface area contributed by atoms with Crippen molar-refractivity contribution in [1.29, 1.82) is 0 Å². The summed E-state index contributed by atoms with van der Waals surface area (Å²) in [5.41, 5.74) is -0.533. The first-order valence-corrected chi connectivity index (χ1v) is 5.68. The molecule has 0 radical (unpaired) electrons. The minimum Gasteiger partial charge on any atom is -0.481 e. The fraction of sp³-hybridized carbons (Fsp3) is 0.154. The van der Waals surface area contributed by atoms with Gasteiger partial charge < -0.3 is 4.74 Å². The van der Waals surface area contributed by atoms with E-state index in [2.05, 4.69) is 4.98 Å². The van der Waals surface area contributed by atoms with Crippen molar-refractivity contribution in [3.63, 3.8) is 0 Å². The number of pyridine rings is 1. The lowest BCUT2D eigenvalue weighted by Gasteiger charge is -2.13. The zero-order valence-corrected chi connectivity index (χ0v) is 10.6. The van der Waals surface area contributed by atoms with Gasteiger partial charge in [-0.1, -0.05) is 29.8 Å². The van der Waals surface area contributed by atoms with E-state index in [9.17, 15) is 13.2 Å². The summed E-state index contributed by atoms with van der Waals surface area (Å²) in [6.07, 6.45) is -4.44. The molecule has 0 N–H and O–H groups in total. The summed E-state index contributed by atoms with van der Waals surface area (Å²) in [7, 11) is 1.40. The van der Waals surface area contributed by atoms with E-state index in [1.54, 1.807) is 0 Å². The van der Waals surface area contributed by atoms with Crippen LogP contribution in [0.15, 0.2) is 36.4 Å². The Labute approximate surface area is 112 Å². The predicted molar refractivity (Wildman–Crippen MR) is 66.2 cm³/mol. The Morgan fingerprint density at radius 2 is 1.74 bits per heavy atom. The first-order chi connectivity index (χ1) is 8.93. The average Bonchev–Trinajstić information content (AvgIpc) is 2.37. The van der Waals surface area contributed by atoms with Crippen molar-refractivity contribution in [2.75, 3.05) is 7.11 Å². The molecular weight excluding hydrogens is 279 g/mol. The molecule has 19 heavy (non-hydrogen) atoms. The fourth-order valence-electron chi connectivity index (χ4n) is 1.70. The second-order valence-corrected chi connectivity index (χ2v) is 4.09. The van der Waals surface area contributed by atoms with Crippen molar-refractivity contribution in [2.45, 2.75) is 6.18 Å². The van der Waals surface area contributed by atoms with E-state index in [0.29, 0.717) is 0 Å². The molecule has 100 valence electrons. The second-order valence-electron chi connectivity index (χ2n) is 3.74. The monoisotopic (exact) mass is 287 g/mol. The number of ether oxygens (including phenoxy) is 1. The van der Waals surface area contributed by atoms with E-state index in [4.69, 9.17) is 16.3 Å². The lowest BCUT2D eigenvalue weighted by molar-refractivity contribution is -0.137. The maximum Gasteiger partial charge on any atom is 0.417 e. The highest BCUT2D eigenvalue weighted by Crippen LogP contribution is 2.39. The number of aromatic nitrogens is 1. The van der Waals surface area contributed by atoms with Crippen molar-refractivity contribution in [1.82, 2.24) is 4.98 Å². The Morgan fingerprint density at radius 3 is 2.32 bits per heavy atom. The summed E-state index contributed by atoms with van der Waals surface area (Å²) >= 11 is 5.91. The lowest BCUT2D eigenvalue weighted by atomic mass is 10.0. The maximum atomic E-state index is 12.9. The van der Waals surface area contributed by atoms with Gasteiger partial charge in [-0.3, -0.25) is 0 Å². The third-order valence-electron chi connectivity index (χ3n) is 2.55. The summed E-state index contributed by atoms with van der Waals surface area (Å²) in [5, 5.41) is -0.0314. The van der Waals surface area contributed by atoms with Gasteiger partial charge in [0.25, 0.3) is 0 Å². The first kappa shape index (κ1) is 13.7. The molecule has 2 nitrogen and oxygen atoms in total. The van der Waals surface area contributed by atoms with Crippen LogP contribution in [0.5, 0.6) is 5.88 Å². The van der Waals surface area contributed by atoms with Gasteiger partial charge in [0.05, 0.1) is 12.7 Å². The molecule has 0 bridgehead atoms. The van der Waals surface area contributed by atoms with Crippen molar-refractivity contribution < 1.29 is 17.9 Å². The Bertz CT molecular complexity index is 599. The molecule has 0 saturated heterocycles. The van der Waals surface area contributed by atoms with E-state index >= 15 is 0 Å². The van der Waals surface area contributed by atoms with Crippen molar-refractivity contribution >= 4 is 11.6 Å². The predicted octanol–water partition coefficient (Wildman–Crippen LogP) is 4.43. The zero-order chi connectivity index (χ0) is 14.0. The maximum absolute atomic E-state index is 12.9. The first-order valence-electron chi connectivity index (χ1n) is 5.30. The van der Waals surface area contributed by atoms with Crippen LogP contribution in [0.4, 0.5) is 13.2 Å². The fourth-order valence-corrected chi connectivity index (χ4v) is 1.95. The molecule has 0 atom stereocenters. The molecule has 0 fully saturated rings. The van der Waals surface area contributed by atoms with Crippen LogP contribution >= 0.6 is 11.6 Å². The summed E-state index contributed by atoms with van der Waals surface area (Å²) in [6.45, 7) is 0. The smallest absolute Gasteiger partial charge is 0.417 e. The Morgan fingerprint density at radius 1 is 1.05 bits per heavy atom. The van der Waals surface area contributed by atoms with Crippen LogP contribution in [0, 0.1) is 0 Å². The molecule has 0 aliphatic carbocycles. The molecule has 0 aliphatic rings. The van der Waals surface area contributed by atoms with Gasteiger partial charge in [-0.25, -0.2) is 4.98 Å². The highest BCUT2D eigenvalue weighted by molar-refractivity contribution is 6.32. The van der Waals surface area contributed by atoms with Crippen molar-refractivity contribution in [2.24, 2.45) is 0 Å². The molecule has 0 amide bonds. The number of nitrogens with zero attached hydrogens (tertiary/aromatic N) is 1. The molecule has 0 saturated carbocycles. The molecule has 0 spiro atoms. The Kier molecular flexibility index (Phi) is 3.66. The van der Waals surface area contributed by atoms with Crippen LogP contribution in [0.2, 0.25) is 5.15 Å². The van der Waals surface area contributed by atoms with Gasteiger partial charge in [0, 0.05) is 11.6 Å². The van der Waals surface area contributed by atoms with Crippen LogP contribution in [0.3, 0.4) is 0 Å². The van der Waals surface area contributed by atoms with E-state index in [1.807, 2.05) is 0 Å². The van der Waals surface area contributed by atoms with Crippen LogP contribution in [-0.2, 0) is 6.18 Å². The molecule has 1 aromatic heterocycles. The number of halogens is 4. The van der Waals surface area contributed by atoms with Gasteiger partial charge in [0.15, 0.2) is 0 Å². The molecule has 6 heteroatoms. The van der Waals surface area contributed by atoms with Gasteiger partial charge in [-0.05, 0) is 17.7 Å². The molecule has 0 unspecified atom stereocenters. The van der Waals surface area contributed by atoms with Crippen LogP contribution in [0.1, 0.15) is 5.56 Å². The molecule has 1 heterocycles. The molecular formula is C13H9ClF3NO. The van der Waals surface area contributed by atoms with Gasteiger partial charge in [-0.2, -0.15) is 13.2 Å². The molecule has 0 aliphatic heterocycles. The quantitative estimate of drug-likeness (QED) is 0.762. The van der Waals surface area contributed by atoms with Crippen LogP contribution < -0.4 is 4.74 Å². The third-order valence-corrected chi connectivity index (χ3v) is 2.84. The van der Waals surface area contributed by atoms with Gasteiger partial charge in [0.1, 0.15) is 5.15 Å². The minimum atomic E-state index is -4.44. The number of hydrogen-bond acceptors (Lipinski definition) is 2. The zero-order valence-electron chi connectivity index (χ0n) is 9.83. The van der Waals surface area contributed by atoms with Gasteiger partial charge in [-0.15, -0.1) is 0 Å². The third kappa shape index (κ3) is 2.81. The summed E-state index contributed by atoms with van der Waals surface area (Å²) in [4.78, 5) is 3.87. The molecule has 2 rings (SSSR count). The van der Waals surface area contributed by atoms with E-state index in [1.165, 1.54) is 37.4 Å². The highest BCUT2D eigenvalue weighted by Gasteiger charge is 2.33. The Balaban J connectivity index is 2.60.